The molecular formula is C49H27NO. The molecular weight excluding hydrogens is 619 g/mol. The first-order valence-corrected chi connectivity index (χ1v) is 17.3. The van der Waals surface area contributed by atoms with Crippen LogP contribution in [-0.4, -0.2) is 0 Å². The Hall–Kier alpha value is -6.95. The van der Waals surface area contributed by atoms with Crippen molar-refractivity contribution in [2.45, 2.75) is 0 Å². The monoisotopic (exact) mass is 645 g/mol. The molecule has 0 saturated heterocycles. The summed E-state index contributed by atoms with van der Waals surface area (Å²) in [5.74, 6) is 1.62. The van der Waals surface area contributed by atoms with Crippen LogP contribution in [0.15, 0.2) is 164 Å². The lowest BCUT2D eigenvalue weighted by atomic mass is 9.89. The van der Waals surface area contributed by atoms with Crippen LogP contribution >= 0.6 is 0 Å². The van der Waals surface area contributed by atoms with Crippen molar-refractivity contribution in [2.75, 3.05) is 0 Å². The summed E-state index contributed by atoms with van der Waals surface area (Å²) in [6, 6.07) is 61.2. The van der Waals surface area contributed by atoms with Gasteiger partial charge in [-0.25, -0.2) is 0 Å². The van der Waals surface area contributed by atoms with E-state index in [1.807, 2.05) is 30.3 Å². The second-order valence-electron chi connectivity index (χ2n) is 13.6. The summed E-state index contributed by atoms with van der Waals surface area (Å²) in [7, 11) is 0. The fourth-order valence-corrected chi connectivity index (χ4v) is 8.30. The van der Waals surface area contributed by atoms with Crippen molar-refractivity contribution in [1.29, 1.82) is 5.26 Å². The van der Waals surface area contributed by atoms with Crippen LogP contribution in [0.25, 0.3) is 98.4 Å². The van der Waals surface area contributed by atoms with Gasteiger partial charge in [-0.05, 0) is 137 Å². The summed E-state index contributed by atoms with van der Waals surface area (Å²) < 4.78 is 6.43. The third-order valence-corrected chi connectivity index (χ3v) is 10.8. The van der Waals surface area contributed by atoms with Crippen molar-refractivity contribution in [1.82, 2.24) is 0 Å². The van der Waals surface area contributed by atoms with Crippen molar-refractivity contribution in [3.63, 3.8) is 0 Å². The van der Waals surface area contributed by atoms with E-state index in [0.717, 1.165) is 44.5 Å². The summed E-state index contributed by atoms with van der Waals surface area (Å²) >= 11 is 0. The molecule has 0 aliphatic carbocycles. The number of hydrogen-bond acceptors (Lipinski definition) is 2. The van der Waals surface area contributed by atoms with Crippen LogP contribution in [0.5, 0.6) is 11.5 Å². The molecule has 0 atom stereocenters. The molecule has 10 aromatic carbocycles. The Labute approximate surface area is 294 Å². The SMILES string of the molecule is N#Cc1ccc2c3c(cccc13)Oc1cc(-c3ccc(-c4cc5ccc6cc(-c7ccc8ccccc8c7)cc7ccc(c4)c5c67)cc3)ccc1-2. The number of nitrogens with zero attached hydrogens (tertiary/aromatic N) is 1. The maximum Gasteiger partial charge on any atom is 0.135 e. The van der Waals surface area contributed by atoms with Crippen molar-refractivity contribution in [3.05, 3.63) is 169 Å². The Morgan fingerprint density at radius 1 is 0.353 bits per heavy atom. The Morgan fingerprint density at radius 2 is 0.882 bits per heavy atom. The average Bonchev–Trinajstić information content (AvgIpc) is 3.19. The fraction of sp³-hybridized carbons (Fsp3) is 0. The Kier molecular flexibility index (Phi) is 5.77. The number of benzene rings is 10. The first kappa shape index (κ1) is 27.9. The van der Waals surface area contributed by atoms with Gasteiger partial charge in [0.25, 0.3) is 0 Å². The van der Waals surface area contributed by atoms with Crippen LogP contribution in [0.1, 0.15) is 5.56 Å². The van der Waals surface area contributed by atoms with Crippen molar-refractivity contribution in [3.8, 4) is 62.1 Å². The fourth-order valence-electron chi connectivity index (χ4n) is 8.30. The molecule has 1 heterocycles. The quantitative estimate of drug-likeness (QED) is 0.179. The van der Waals surface area contributed by atoms with E-state index in [4.69, 9.17) is 4.74 Å². The maximum atomic E-state index is 9.64. The molecule has 0 unspecified atom stereocenters. The Bertz CT molecular complexity index is 3040. The molecule has 2 nitrogen and oxygen atoms in total. The summed E-state index contributed by atoms with van der Waals surface area (Å²) in [4.78, 5) is 0. The predicted molar refractivity (Wildman–Crippen MR) is 212 cm³/mol. The summed E-state index contributed by atoms with van der Waals surface area (Å²) in [6.07, 6.45) is 0. The zero-order chi connectivity index (χ0) is 33.6. The van der Waals surface area contributed by atoms with E-state index in [1.54, 1.807) is 0 Å². The lowest BCUT2D eigenvalue weighted by Crippen LogP contribution is -1.98. The van der Waals surface area contributed by atoms with Gasteiger partial charge in [-0.3, -0.25) is 0 Å². The molecule has 0 saturated carbocycles. The van der Waals surface area contributed by atoms with E-state index in [2.05, 4.69) is 140 Å². The Morgan fingerprint density at radius 3 is 1.57 bits per heavy atom. The minimum absolute atomic E-state index is 0.663. The maximum absolute atomic E-state index is 9.64. The van der Waals surface area contributed by atoms with E-state index in [1.165, 1.54) is 65.3 Å². The van der Waals surface area contributed by atoms with Crippen molar-refractivity contribution in [2.24, 2.45) is 0 Å². The van der Waals surface area contributed by atoms with E-state index < -0.39 is 0 Å². The van der Waals surface area contributed by atoms with Gasteiger partial charge in [-0.2, -0.15) is 5.26 Å². The number of hydrogen-bond donors (Lipinski definition) is 0. The van der Waals surface area contributed by atoms with Crippen LogP contribution < -0.4 is 4.74 Å². The molecule has 2 heteroatoms. The molecule has 1 aliphatic heterocycles. The van der Waals surface area contributed by atoms with Gasteiger partial charge >= 0.3 is 0 Å². The van der Waals surface area contributed by atoms with Gasteiger partial charge in [-0.15, -0.1) is 0 Å². The highest BCUT2D eigenvalue weighted by molar-refractivity contribution is 6.24. The predicted octanol–water partition coefficient (Wildman–Crippen LogP) is 13.5. The van der Waals surface area contributed by atoms with E-state index >= 15 is 0 Å². The Balaban J connectivity index is 0.941. The normalized spacial score (nSPS) is 12.1. The zero-order valence-electron chi connectivity index (χ0n) is 27.4. The molecule has 0 amide bonds. The first-order valence-electron chi connectivity index (χ1n) is 17.3. The van der Waals surface area contributed by atoms with Gasteiger partial charge < -0.3 is 4.74 Å². The van der Waals surface area contributed by atoms with Crippen molar-refractivity contribution >= 4 is 53.9 Å². The molecule has 1 aliphatic rings. The average molecular weight is 646 g/mol. The summed E-state index contributed by atoms with van der Waals surface area (Å²) in [5.41, 5.74) is 9.92. The lowest BCUT2D eigenvalue weighted by molar-refractivity contribution is 0.487. The summed E-state index contributed by atoms with van der Waals surface area (Å²) in [6.45, 7) is 0. The largest absolute Gasteiger partial charge is 0.456 e. The summed E-state index contributed by atoms with van der Waals surface area (Å²) in [5, 5.41) is 21.8. The minimum atomic E-state index is 0.663. The molecule has 0 bridgehead atoms. The number of rotatable bonds is 3. The van der Waals surface area contributed by atoms with Gasteiger partial charge in [0.1, 0.15) is 11.5 Å². The van der Waals surface area contributed by atoms with Crippen LogP contribution in [0.4, 0.5) is 0 Å². The van der Waals surface area contributed by atoms with Gasteiger partial charge in [0, 0.05) is 16.3 Å². The second kappa shape index (κ2) is 10.5. The van der Waals surface area contributed by atoms with Gasteiger partial charge in [-0.1, -0.05) is 109 Å². The third kappa shape index (κ3) is 4.22. The molecule has 0 radical (unpaired) electrons. The molecule has 0 spiro atoms. The highest BCUT2D eigenvalue weighted by atomic mass is 16.5. The van der Waals surface area contributed by atoms with Crippen LogP contribution in [0.3, 0.4) is 0 Å². The molecule has 51 heavy (non-hydrogen) atoms. The molecule has 11 rings (SSSR count). The van der Waals surface area contributed by atoms with Crippen molar-refractivity contribution < 1.29 is 4.74 Å². The molecule has 0 fully saturated rings. The zero-order valence-corrected chi connectivity index (χ0v) is 27.4. The second-order valence-corrected chi connectivity index (χ2v) is 13.6. The highest BCUT2D eigenvalue weighted by Gasteiger charge is 2.22. The molecule has 0 aromatic heterocycles. The van der Waals surface area contributed by atoms with E-state index in [9.17, 15) is 5.26 Å². The highest BCUT2D eigenvalue weighted by Crippen LogP contribution is 2.48. The lowest BCUT2D eigenvalue weighted by Gasteiger charge is -2.22. The smallest absolute Gasteiger partial charge is 0.135 e. The van der Waals surface area contributed by atoms with Crippen LogP contribution in [0.2, 0.25) is 0 Å². The topological polar surface area (TPSA) is 33.0 Å². The van der Waals surface area contributed by atoms with Crippen LogP contribution in [0, 0.1) is 11.3 Å². The van der Waals surface area contributed by atoms with Crippen LogP contribution in [-0.2, 0) is 0 Å². The number of nitriles is 1. The first-order chi connectivity index (χ1) is 25.2. The molecule has 10 aromatic rings. The third-order valence-electron chi connectivity index (χ3n) is 10.8. The van der Waals surface area contributed by atoms with E-state index in [0.29, 0.717) is 5.56 Å². The number of ether oxygens (including phenoxy) is 1. The minimum Gasteiger partial charge on any atom is -0.456 e. The van der Waals surface area contributed by atoms with Gasteiger partial charge in [0.15, 0.2) is 0 Å². The van der Waals surface area contributed by atoms with Gasteiger partial charge in [0.05, 0.1) is 11.6 Å². The number of fused-ring (bicyclic) bond motifs is 3. The standard InChI is InChI=1S/C49H27NO/c50-28-39-19-21-44-43-20-18-34(27-46(43)51-45-7-3-6-42(39)49(44)45)30-8-10-31(11-9-30)40-23-35-14-16-37-25-41(26-38-17-15-36(24-40)47(35)48(37)38)33-13-12-29-4-1-2-5-32(29)22-33/h1-27H. The van der Waals surface area contributed by atoms with Gasteiger partial charge in [0.2, 0.25) is 0 Å². The van der Waals surface area contributed by atoms with E-state index in [-0.39, 0.29) is 0 Å². The molecule has 0 N–H and O–H groups in total. The molecule has 234 valence electrons.